The van der Waals surface area contributed by atoms with E-state index in [-0.39, 0.29) is 0 Å². The Labute approximate surface area is 120 Å². The Bertz CT molecular complexity index is 565. The standard InChI is InChI=1S/C15H25N5/c1-5-7-13-18-14(12-8-17-10-19(12)6-2)15(16)20(13)9-11(3)4/h8,10-11H,5-7,9,16H2,1-4H3. The first-order valence-electron chi connectivity index (χ1n) is 7.43. The van der Waals surface area contributed by atoms with Crippen molar-refractivity contribution in [2.75, 3.05) is 5.73 Å². The average Bonchev–Trinajstić information content (AvgIpc) is 2.97. The molecule has 5 nitrogen and oxygen atoms in total. The number of anilines is 1. The minimum atomic E-state index is 0.547. The molecule has 2 aromatic heterocycles. The van der Waals surface area contributed by atoms with Crippen LogP contribution in [0.15, 0.2) is 12.5 Å². The molecule has 0 aliphatic rings. The third kappa shape index (κ3) is 2.71. The third-order valence-corrected chi connectivity index (χ3v) is 3.40. The van der Waals surface area contributed by atoms with Crippen LogP contribution >= 0.6 is 0 Å². The molecule has 20 heavy (non-hydrogen) atoms. The lowest BCUT2D eigenvalue weighted by Gasteiger charge is -2.12. The predicted octanol–water partition coefficient (Wildman–Crippen LogP) is 2.96. The molecule has 0 saturated heterocycles. The summed E-state index contributed by atoms with van der Waals surface area (Å²) in [6.45, 7) is 10.4. The zero-order valence-electron chi connectivity index (χ0n) is 12.9. The quantitative estimate of drug-likeness (QED) is 0.881. The van der Waals surface area contributed by atoms with Crippen molar-refractivity contribution in [2.45, 2.75) is 53.6 Å². The summed E-state index contributed by atoms with van der Waals surface area (Å²) in [6, 6.07) is 0. The first-order valence-corrected chi connectivity index (χ1v) is 7.43. The van der Waals surface area contributed by atoms with Gasteiger partial charge in [-0.2, -0.15) is 0 Å². The molecule has 0 aromatic carbocycles. The normalized spacial score (nSPS) is 11.4. The SMILES string of the molecule is CCCc1nc(-c2cncn2CC)c(N)n1CC(C)C. The number of aryl methyl sites for hydroxylation is 2. The van der Waals surface area contributed by atoms with Crippen molar-refractivity contribution >= 4 is 5.82 Å². The van der Waals surface area contributed by atoms with Crippen molar-refractivity contribution in [3.63, 3.8) is 0 Å². The predicted molar refractivity (Wildman–Crippen MR) is 82.4 cm³/mol. The third-order valence-electron chi connectivity index (χ3n) is 3.40. The highest BCUT2D eigenvalue weighted by Gasteiger charge is 2.18. The molecular weight excluding hydrogens is 250 g/mol. The maximum atomic E-state index is 6.36. The number of hydrogen-bond donors (Lipinski definition) is 1. The second-order valence-electron chi connectivity index (χ2n) is 5.58. The fourth-order valence-electron chi connectivity index (χ4n) is 2.46. The van der Waals surface area contributed by atoms with E-state index >= 15 is 0 Å². The Morgan fingerprint density at radius 2 is 2.05 bits per heavy atom. The molecule has 0 unspecified atom stereocenters. The maximum absolute atomic E-state index is 6.36. The number of nitrogen functional groups attached to an aromatic ring is 1. The summed E-state index contributed by atoms with van der Waals surface area (Å²) in [5.41, 5.74) is 8.23. The van der Waals surface area contributed by atoms with Crippen LogP contribution < -0.4 is 5.73 Å². The van der Waals surface area contributed by atoms with Crippen molar-refractivity contribution in [1.29, 1.82) is 0 Å². The van der Waals surface area contributed by atoms with E-state index < -0.39 is 0 Å². The molecule has 2 N–H and O–H groups in total. The number of rotatable bonds is 6. The van der Waals surface area contributed by atoms with Gasteiger partial charge in [-0.25, -0.2) is 9.97 Å². The van der Waals surface area contributed by atoms with E-state index in [9.17, 15) is 0 Å². The van der Waals surface area contributed by atoms with Crippen LogP contribution in [0, 0.1) is 5.92 Å². The van der Waals surface area contributed by atoms with Gasteiger partial charge in [0.1, 0.15) is 17.3 Å². The first-order chi connectivity index (χ1) is 9.58. The lowest BCUT2D eigenvalue weighted by atomic mass is 10.2. The van der Waals surface area contributed by atoms with Crippen LogP contribution in [0.1, 0.15) is 39.9 Å². The summed E-state index contributed by atoms with van der Waals surface area (Å²) in [5, 5.41) is 0. The molecule has 0 radical (unpaired) electrons. The van der Waals surface area contributed by atoms with Crippen molar-refractivity contribution in [1.82, 2.24) is 19.1 Å². The molecule has 0 fully saturated rings. The van der Waals surface area contributed by atoms with Crippen molar-refractivity contribution < 1.29 is 0 Å². The average molecular weight is 275 g/mol. The van der Waals surface area contributed by atoms with E-state index in [1.165, 1.54) is 0 Å². The first kappa shape index (κ1) is 14.6. The summed E-state index contributed by atoms with van der Waals surface area (Å²) in [7, 11) is 0. The van der Waals surface area contributed by atoms with Crippen LogP contribution in [0.25, 0.3) is 11.4 Å². The Hall–Kier alpha value is -1.78. The van der Waals surface area contributed by atoms with E-state index in [1.54, 1.807) is 0 Å². The van der Waals surface area contributed by atoms with Gasteiger partial charge in [-0.3, -0.25) is 0 Å². The zero-order valence-corrected chi connectivity index (χ0v) is 12.9. The minimum absolute atomic E-state index is 0.547. The summed E-state index contributed by atoms with van der Waals surface area (Å²) >= 11 is 0. The van der Waals surface area contributed by atoms with Gasteiger partial charge in [-0.1, -0.05) is 20.8 Å². The van der Waals surface area contributed by atoms with E-state index in [4.69, 9.17) is 10.7 Å². The van der Waals surface area contributed by atoms with Crippen LogP contribution in [0.2, 0.25) is 0 Å². The van der Waals surface area contributed by atoms with Crippen LogP contribution in [0.5, 0.6) is 0 Å². The zero-order chi connectivity index (χ0) is 14.7. The minimum Gasteiger partial charge on any atom is -0.383 e. The van der Waals surface area contributed by atoms with Gasteiger partial charge in [0.15, 0.2) is 0 Å². The molecule has 110 valence electrons. The number of hydrogen-bond acceptors (Lipinski definition) is 3. The Morgan fingerprint density at radius 1 is 1.30 bits per heavy atom. The summed E-state index contributed by atoms with van der Waals surface area (Å²) in [6.07, 6.45) is 5.70. The van der Waals surface area contributed by atoms with E-state index in [1.807, 2.05) is 12.5 Å². The Kier molecular flexibility index (Phi) is 4.47. The van der Waals surface area contributed by atoms with Gasteiger partial charge in [0.2, 0.25) is 0 Å². The summed E-state index contributed by atoms with van der Waals surface area (Å²) < 4.78 is 4.24. The lowest BCUT2D eigenvalue weighted by molar-refractivity contribution is 0.510. The molecule has 0 spiro atoms. The van der Waals surface area contributed by atoms with Crippen LogP contribution in [0.3, 0.4) is 0 Å². The fourth-order valence-corrected chi connectivity index (χ4v) is 2.46. The molecule has 2 rings (SSSR count). The van der Waals surface area contributed by atoms with Crippen molar-refractivity contribution in [3.8, 4) is 11.4 Å². The highest BCUT2D eigenvalue weighted by molar-refractivity contribution is 5.68. The largest absolute Gasteiger partial charge is 0.383 e. The van der Waals surface area contributed by atoms with Gasteiger partial charge in [0, 0.05) is 19.5 Å². The molecule has 0 aliphatic carbocycles. The number of nitrogens with zero attached hydrogens (tertiary/aromatic N) is 4. The molecule has 0 amide bonds. The van der Waals surface area contributed by atoms with Gasteiger partial charge in [0.25, 0.3) is 0 Å². The summed E-state index contributed by atoms with van der Waals surface area (Å²) in [4.78, 5) is 9.00. The molecule has 0 bridgehead atoms. The maximum Gasteiger partial charge on any atom is 0.133 e. The van der Waals surface area contributed by atoms with Gasteiger partial charge >= 0.3 is 0 Å². The van der Waals surface area contributed by atoms with Crippen LogP contribution in [0.4, 0.5) is 5.82 Å². The second-order valence-corrected chi connectivity index (χ2v) is 5.58. The van der Waals surface area contributed by atoms with E-state index in [0.29, 0.717) is 5.92 Å². The van der Waals surface area contributed by atoms with Gasteiger partial charge in [-0.05, 0) is 19.3 Å². The van der Waals surface area contributed by atoms with Crippen LogP contribution in [-0.2, 0) is 19.5 Å². The monoisotopic (exact) mass is 275 g/mol. The highest BCUT2D eigenvalue weighted by atomic mass is 15.2. The number of nitrogens with two attached hydrogens (primary N) is 1. The van der Waals surface area contributed by atoms with Crippen molar-refractivity contribution in [2.24, 2.45) is 5.92 Å². The topological polar surface area (TPSA) is 61.7 Å². The molecule has 0 saturated carbocycles. The van der Waals surface area contributed by atoms with Crippen LogP contribution in [-0.4, -0.2) is 19.1 Å². The van der Waals surface area contributed by atoms with E-state index in [2.05, 4.69) is 41.8 Å². The summed E-state index contributed by atoms with van der Waals surface area (Å²) in [5.74, 6) is 2.39. The van der Waals surface area contributed by atoms with E-state index in [0.717, 1.165) is 49.0 Å². The molecule has 2 aromatic rings. The highest BCUT2D eigenvalue weighted by Crippen LogP contribution is 2.27. The second kappa shape index (κ2) is 6.11. The Balaban J connectivity index is 2.49. The number of aromatic nitrogens is 4. The molecule has 5 heteroatoms. The molecule has 0 atom stereocenters. The molecule has 0 aliphatic heterocycles. The van der Waals surface area contributed by atoms with Crippen molar-refractivity contribution in [3.05, 3.63) is 18.3 Å². The van der Waals surface area contributed by atoms with Gasteiger partial charge in [0.05, 0.1) is 18.2 Å². The van der Waals surface area contributed by atoms with Gasteiger partial charge < -0.3 is 14.9 Å². The van der Waals surface area contributed by atoms with Gasteiger partial charge in [-0.15, -0.1) is 0 Å². The lowest BCUT2D eigenvalue weighted by Crippen LogP contribution is -2.11. The molecule has 2 heterocycles. The smallest absolute Gasteiger partial charge is 0.133 e. The fraction of sp³-hybridized carbons (Fsp3) is 0.600. The number of imidazole rings is 2. The Morgan fingerprint density at radius 3 is 2.65 bits per heavy atom. The molecular formula is C15H25N5.